The first-order chi connectivity index (χ1) is 11.5. The van der Waals surface area contributed by atoms with Gasteiger partial charge in [-0.3, -0.25) is 9.78 Å². The van der Waals surface area contributed by atoms with Crippen LogP contribution in [0.25, 0.3) is 0 Å². The number of carbonyl (C=O) groups is 1. The maximum atomic E-state index is 14.2. The molecule has 0 fully saturated rings. The first-order valence-electron chi connectivity index (χ1n) is 7.18. The van der Waals surface area contributed by atoms with Crippen molar-refractivity contribution in [2.45, 2.75) is 19.9 Å². The molecule has 0 aliphatic rings. The molecule has 0 aliphatic carbocycles. The lowest BCUT2D eigenvalue weighted by Gasteiger charge is -2.16. The maximum Gasteiger partial charge on any atom is 0.272 e. The van der Waals surface area contributed by atoms with E-state index in [1.54, 1.807) is 32.0 Å². The number of carbonyl (C=O) groups excluding carboxylic acids is 1. The molecule has 8 heteroatoms. The van der Waals surface area contributed by atoms with Gasteiger partial charge in [-0.15, -0.1) is 0 Å². The van der Waals surface area contributed by atoms with Crippen LogP contribution < -0.4 is 5.32 Å². The molecule has 3 rings (SSSR count). The van der Waals surface area contributed by atoms with Crippen LogP contribution in [0.2, 0.25) is 0 Å². The Kier molecular flexibility index (Phi) is 4.28. The summed E-state index contributed by atoms with van der Waals surface area (Å²) in [6, 6.07) is 5.17. The molecule has 0 bridgehead atoms. The normalized spacial score (nSPS) is 12.0. The molecular weight excluding hydrogens is 313 g/mol. The highest BCUT2D eigenvalue weighted by Crippen LogP contribution is 2.22. The topological polar surface area (TPSA) is 93.8 Å². The zero-order chi connectivity index (χ0) is 17.1. The van der Waals surface area contributed by atoms with Gasteiger partial charge in [0, 0.05) is 18.7 Å². The van der Waals surface area contributed by atoms with Crippen molar-refractivity contribution in [3.8, 4) is 0 Å². The van der Waals surface area contributed by atoms with Crippen molar-refractivity contribution >= 4 is 5.91 Å². The monoisotopic (exact) mass is 327 g/mol. The molecule has 0 radical (unpaired) electrons. The van der Waals surface area contributed by atoms with Gasteiger partial charge in [0.15, 0.2) is 5.82 Å². The van der Waals surface area contributed by atoms with Crippen LogP contribution in [0, 0.1) is 19.7 Å². The maximum absolute atomic E-state index is 14.2. The van der Waals surface area contributed by atoms with Crippen molar-refractivity contribution in [3.05, 3.63) is 71.1 Å². The molecule has 1 amide bonds. The fourth-order valence-corrected chi connectivity index (χ4v) is 2.14. The van der Waals surface area contributed by atoms with E-state index in [1.165, 1.54) is 18.5 Å². The summed E-state index contributed by atoms with van der Waals surface area (Å²) in [6.45, 7) is 3.38. The van der Waals surface area contributed by atoms with Crippen molar-refractivity contribution in [1.82, 2.24) is 25.4 Å². The highest BCUT2D eigenvalue weighted by Gasteiger charge is 2.25. The van der Waals surface area contributed by atoms with Gasteiger partial charge in [0.25, 0.3) is 5.91 Å². The molecule has 0 saturated heterocycles. The number of amides is 1. The van der Waals surface area contributed by atoms with E-state index >= 15 is 0 Å². The van der Waals surface area contributed by atoms with Crippen LogP contribution in [0.4, 0.5) is 4.39 Å². The Labute approximate surface area is 137 Å². The standard InChI is InChI=1S/C16H14FN5O2/c1-9-7-19-13(8-18-9)16(23)21-14(15-20-10(2)24-22-15)11-5-3-4-6-12(11)17/h3-8,14H,1-2H3,(H,21,23). The van der Waals surface area contributed by atoms with E-state index in [0.717, 1.165) is 0 Å². The van der Waals surface area contributed by atoms with E-state index in [9.17, 15) is 9.18 Å². The number of hydrogen-bond donors (Lipinski definition) is 1. The molecule has 3 aromatic rings. The number of rotatable bonds is 4. The third-order valence-corrected chi connectivity index (χ3v) is 3.31. The molecular formula is C16H14FN5O2. The molecule has 24 heavy (non-hydrogen) atoms. The number of aromatic nitrogens is 4. The molecule has 7 nitrogen and oxygen atoms in total. The average molecular weight is 327 g/mol. The van der Waals surface area contributed by atoms with Gasteiger partial charge >= 0.3 is 0 Å². The number of nitrogens with one attached hydrogen (secondary N) is 1. The molecule has 1 aromatic carbocycles. The van der Waals surface area contributed by atoms with Gasteiger partial charge in [0.05, 0.1) is 11.9 Å². The second-order valence-electron chi connectivity index (χ2n) is 5.14. The summed E-state index contributed by atoms with van der Waals surface area (Å²) in [7, 11) is 0. The Bertz CT molecular complexity index is 863. The second-order valence-corrected chi connectivity index (χ2v) is 5.14. The molecule has 0 aliphatic heterocycles. The van der Waals surface area contributed by atoms with Crippen LogP contribution in [0.15, 0.2) is 41.2 Å². The summed E-state index contributed by atoms with van der Waals surface area (Å²) < 4.78 is 19.1. The SMILES string of the molecule is Cc1cnc(C(=O)NC(c2noc(C)n2)c2ccccc2F)cn1. The molecule has 122 valence electrons. The van der Waals surface area contributed by atoms with Crippen molar-refractivity contribution in [1.29, 1.82) is 0 Å². The first-order valence-corrected chi connectivity index (χ1v) is 7.18. The largest absolute Gasteiger partial charge is 0.340 e. The van der Waals surface area contributed by atoms with Gasteiger partial charge in [-0.25, -0.2) is 9.37 Å². The number of nitrogens with zero attached hydrogens (tertiary/aromatic N) is 4. The van der Waals surface area contributed by atoms with Gasteiger partial charge in [-0.2, -0.15) is 4.98 Å². The van der Waals surface area contributed by atoms with Crippen molar-refractivity contribution in [2.24, 2.45) is 0 Å². The summed E-state index contributed by atoms with van der Waals surface area (Å²) in [5.74, 6) is -0.528. The van der Waals surface area contributed by atoms with Gasteiger partial charge in [0.1, 0.15) is 17.6 Å². The molecule has 2 heterocycles. The highest BCUT2D eigenvalue weighted by atomic mass is 19.1. The Morgan fingerprint density at radius 1 is 1.21 bits per heavy atom. The van der Waals surface area contributed by atoms with Crippen molar-refractivity contribution < 1.29 is 13.7 Å². The quantitative estimate of drug-likeness (QED) is 0.789. The Hall–Kier alpha value is -3.16. The lowest BCUT2D eigenvalue weighted by molar-refractivity contribution is 0.0935. The van der Waals surface area contributed by atoms with Crippen molar-refractivity contribution in [3.63, 3.8) is 0 Å². The van der Waals surface area contributed by atoms with Crippen LogP contribution in [0.5, 0.6) is 0 Å². The summed E-state index contributed by atoms with van der Waals surface area (Å²) in [4.78, 5) is 24.5. The molecule has 1 atom stereocenters. The zero-order valence-electron chi connectivity index (χ0n) is 13.0. The lowest BCUT2D eigenvalue weighted by Crippen LogP contribution is -2.31. The molecule has 1 unspecified atom stereocenters. The summed E-state index contributed by atoms with van der Waals surface area (Å²) >= 11 is 0. The molecule has 1 N–H and O–H groups in total. The lowest BCUT2D eigenvalue weighted by atomic mass is 10.1. The van der Waals surface area contributed by atoms with Crippen LogP contribution in [0.1, 0.15) is 39.5 Å². The number of hydrogen-bond acceptors (Lipinski definition) is 6. The first kappa shape index (κ1) is 15.7. The summed E-state index contributed by atoms with van der Waals surface area (Å²) in [6.07, 6.45) is 2.83. The Morgan fingerprint density at radius 3 is 2.62 bits per heavy atom. The zero-order valence-corrected chi connectivity index (χ0v) is 13.0. The fourth-order valence-electron chi connectivity index (χ4n) is 2.14. The van der Waals surface area contributed by atoms with E-state index in [-0.39, 0.29) is 17.1 Å². The third kappa shape index (κ3) is 3.27. The van der Waals surface area contributed by atoms with Crippen molar-refractivity contribution in [2.75, 3.05) is 0 Å². The Morgan fingerprint density at radius 2 is 2.00 bits per heavy atom. The Balaban J connectivity index is 1.95. The number of aryl methyl sites for hydroxylation is 2. The van der Waals surface area contributed by atoms with E-state index in [0.29, 0.717) is 11.6 Å². The van der Waals surface area contributed by atoms with E-state index < -0.39 is 17.8 Å². The van der Waals surface area contributed by atoms with Gasteiger partial charge in [-0.05, 0) is 13.0 Å². The minimum atomic E-state index is -0.903. The van der Waals surface area contributed by atoms with Gasteiger partial charge < -0.3 is 9.84 Å². The summed E-state index contributed by atoms with van der Waals surface area (Å²) in [5.41, 5.74) is 1.03. The number of halogens is 1. The highest BCUT2D eigenvalue weighted by molar-refractivity contribution is 5.92. The molecule has 0 saturated carbocycles. The minimum Gasteiger partial charge on any atom is -0.340 e. The predicted octanol–water partition coefficient (Wildman–Crippen LogP) is 2.13. The van der Waals surface area contributed by atoms with E-state index in [2.05, 4.69) is 25.4 Å². The van der Waals surface area contributed by atoms with E-state index in [4.69, 9.17) is 4.52 Å². The van der Waals surface area contributed by atoms with E-state index in [1.807, 2.05) is 0 Å². The number of benzene rings is 1. The van der Waals surface area contributed by atoms with Crippen LogP contribution in [0.3, 0.4) is 0 Å². The van der Waals surface area contributed by atoms with Crippen LogP contribution in [-0.2, 0) is 0 Å². The van der Waals surface area contributed by atoms with Gasteiger partial charge in [-0.1, -0.05) is 23.4 Å². The third-order valence-electron chi connectivity index (χ3n) is 3.31. The molecule has 0 spiro atoms. The minimum absolute atomic E-state index is 0.113. The second kappa shape index (κ2) is 6.53. The average Bonchev–Trinajstić information content (AvgIpc) is 3.00. The fraction of sp³-hybridized carbons (Fsp3) is 0.188. The predicted molar refractivity (Wildman–Crippen MR) is 81.5 cm³/mol. The molecule has 2 aromatic heterocycles. The van der Waals surface area contributed by atoms with Crippen LogP contribution in [-0.4, -0.2) is 26.0 Å². The smallest absolute Gasteiger partial charge is 0.272 e. The summed E-state index contributed by atoms with van der Waals surface area (Å²) in [5, 5.41) is 6.46. The van der Waals surface area contributed by atoms with Crippen LogP contribution >= 0.6 is 0 Å². The van der Waals surface area contributed by atoms with Gasteiger partial charge in [0.2, 0.25) is 5.89 Å².